The molecule has 0 spiro atoms. The van der Waals surface area contributed by atoms with E-state index in [2.05, 4.69) is 16.7 Å². The summed E-state index contributed by atoms with van der Waals surface area (Å²) in [7, 11) is 3.47. The number of hydrogen-bond acceptors (Lipinski definition) is 3. The second-order valence-electron chi connectivity index (χ2n) is 4.92. The van der Waals surface area contributed by atoms with Crippen molar-refractivity contribution in [1.29, 1.82) is 5.26 Å². The molecule has 0 aliphatic heterocycles. The second-order valence-corrected chi connectivity index (χ2v) is 4.92. The molecule has 0 fully saturated rings. The number of carbonyl (C=O) groups is 1. The van der Waals surface area contributed by atoms with Crippen LogP contribution in [0.5, 0.6) is 0 Å². The van der Waals surface area contributed by atoms with Crippen LogP contribution in [-0.2, 0) is 13.6 Å². The summed E-state index contributed by atoms with van der Waals surface area (Å²) in [4.78, 5) is 11.6. The summed E-state index contributed by atoms with van der Waals surface area (Å²) in [6.07, 6.45) is 1.93. The number of benzene rings is 1. The summed E-state index contributed by atoms with van der Waals surface area (Å²) in [5.74, 6) is -0.0913. The molecule has 1 heterocycles. The molecule has 2 rings (SSSR count). The van der Waals surface area contributed by atoms with Crippen molar-refractivity contribution in [3.05, 3.63) is 52.8 Å². The Morgan fingerprint density at radius 2 is 2.14 bits per heavy atom. The van der Waals surface area contributed by atoms with Gasteiger partial charge in [0.25, 0.3) is 5.91 Å². The first-order valence-corrected chi connectivity index (χ1v) is 6.67. The number of nitrogens with zero attached hydrogens (tertiary/aromatic N) is 2. The smallest absolute Gasteiger partial charge is 0.251 e. The van der Waals surface area contributed by atoms with Gasteiger partial charge in [0.05, 0.1) is 0 Å². The molecule has 108 valence electrons. The Morgan fingerprint density at radius 3 is 2.71 bits per heavy atom. The monoisotopic (exact) mass is 282 g/mol. The summed E-state index contributed by atoms with van der Waals surface area (Å²) < 4.78 is 1.80. The molecule has 0 saturated heterocycles. The summed E-state index contributed by atoms with van der Waals surface area (Å²) in [6.45, 7) is 2.59. The lowest BCUT2D eigenvalue weighted by atomic mass is 10.1. The molecule has 2 aromatic rings. The first kappa shape index (κ1) is 14.7. The average molecular weight is 282 g/mol. The Balaban J connectivity index is 2.10. The minimum atomic E-state index is -0.0913. The Labute approximate surface area is 124 Å². The Morgan fingerprint density at radius 1 is 1.38 bits per heavy atom. The standard InChI is InChI=1S/C16H18N4O/c1-11-6-13(16(21)18-2)4-5-15(11)19-9-12-7-14(8-17)20(3)10-12/h4-7,10,19H,9H2,1-3H3,(H,18,21). The summed E-state index contributed by atoms with van der Waals surface area (Å²) in [5.41, 5.74) is 4.31. The molecule has 1 aromatic heterocycles. The maximum Gasteiger partial charge on any atom is 0.251 e. The first-order valence-electron chi connectivity index (χ1n) is 6.67. The highest BCUT2D eigenvalue weighted by molar-refractivity contribution is 5.94. The fourth-order valence-corrected chi connectivity index (χ4v) is 2.19. The van der Waals surface area contributed by atoms with Crippen LogP contribution < -0.4 is 10.6 Å². The second kappa shape index (κ2) is 6.14. The molecule has 0 atom stereocenters. The minimum Gasteiger partial charge on any atom is -0.381 e. The molecule has 5 nitrogen and oxygen atoms in total. The predicted octanol–water partition coefficient (Wildman–Crippen LogP) is 2.18. The van der Waals surface area contributed by atoms with E-state index in [1.807, 2.05) is 38.4 Å². The Hall–Kier alpha value is -2.74. The quantitative estimate of drug-likeness (QED) is 0.903. The maximum absolute atomic E-state index is 11.6. The van der Waals surface area contributed by atoms with Gasteiger partial charge in [0, 0.05) is 38.1 Å². The molecule has 0 unspecified atom stereocenters. The number of anilines is 1. The Kier molecular flexibility index (Phi) is 4.29. The topological polar surface area (TPSA) is 69.8 Å². The van der Waals surface area contributed by atoms with Crippen LogP contribution in [0.4, 0.5) is 5.69 Å². The van der Waals surface area contributed by atoms with Crippen molar-refractivity contribution in [3.8, 4) is 6.07 Å². The molecule has 2 N–H and O–H groups in total. The summed E-state index contributed by atoms with van der Waals surface area (Å²) in [6, 6.07) is 9.55. The number of amides is 1. The highest BCUT2D eigenvalue weighted by atomic mass is 16.1. The Bertz CT molecular complexity index is 710. The number of hydrogen-bond donors (Lipinski definition) is 2. The van der Waals surface area contributed by atoms with Gasteiger partial charge in [-0.15, -0.1) is 0 Å². The van der Waals surface area contributed by atoms with Crippen LogP contribution in [0.25, 0.3) is 0 Å². The van der Waals surface area contributed by atoms with Crippen LogP contribution >= 0.6 is 0 Å². The SMILES string of the molecule is CNC(=O)c1ccc(NCc2cc(C#N)n(C)c2)c(C)c1. The third-order valence-electron chi connectivity index (χ3n) is 3.37. The van der Waals surface area contributed by atoms with Crippen molar-refractivity contribution in [3.63, 3.8) is 0 Å². The van der Waals surface area contributed by atoms with Crippen LogP contribution in [0, 0.1) is 18.3 Å². The molecule has 5 heteroatoms. The van der Waals surface area contributed by atoms with E-state index in [-0.39, 0.29) is 5.91 Å². The zero-order valence-corrected chi connectivity index (χ0v) is 12.4. The fraction of sp³-hybridized carbons (Fsp3) is 0.250. The van der Waals surface area contributed by atoms with Crippen molar-refractivity contribution in [1.82, 2.24) is 9.88 Å². The van der Waals surface area contributed by atoms with Gasteiger partial charge < -0.3 is 15.2 Å². The zero-order valence-electron chi connectivity index (χ0n) is 12.4. The molecular weight excluding hydrogens is 264 g/mol. The van der Waals surface area contributed by atoms with Gasteiger partial charge in [-0.3, -0.25) is 4.79 Å². The molecule has 0 aliphatic rings. The third kappa shape index (κ3) is 3.23. The lowest BCUT2D eigenvalue weighted by molar-refractivity contribution is 0.0963. The van der Waals surface area contributed by atoms with E-state index in [0.29, 0.717) is 17.8 Å². The summed E-state index contributed by atoms with van der Waals surface area (Å²) in [5, 5.41) is 14.9. The number of aryl methyl sites for hydroxylation is 2. The van der Waals surface area contributed by atoms with E-state index in [1.54, 1.807) is 17.7 Å². The van der Waals surface area contributed by atoms with Crippen molar-refractivity contribution in [2.45, 2.75) is 13.5 Å². The van der Waals surface area contributed by atoms with Gasteiger partial charge in [0.2, 0.25) is 0 Å². The number of rotatable bonds is 4. The molecule has 1 amide bonds. The molecule has 21 heavy (non-hydrogen) atoms. The maximum atomic E-state index is 11.6. The number of carbonyl (C=O) groups excluding carboxylic acids is 1. The predicted molar refractivity (Wildman–Crippen MR) is 82.0 cm³/mol. The van der Waals surface area contributed by atoms with Gasteiger partial charge in [0.15, 0.2) is 0 Å². The van der Waals surface area contributed by atoms with E-state index in [0.717, 1.165) is 16.8 Å². The normalized spacial score (nSPS) is 10.0. The largest absolute Gasteiger partial charge is 0.381 e. The van der Waals surface area contributed by atoms with Crippen molar-refractivity contribution >= 4 is 11.6 Å². The highest BCUT2D eigenvalue weighted by Gasteiger charge is 2.07. The lowest BCUT2D eigenvalue weighted by Crippen LogP contribution is -2.17. The van der Waals surface area contributed by atoms with Crippen LogP contribution in [0.1, 0.15) is 27.2 Å². The number of nitriles is 1. The van der Waals surface area contributed by atoms with Crippen LogP contribution in [0.3, 0.4) is 0 Å². The summed E-state index contributed by atoms with van der Waals surface area (Å²) >= 11 is 0. The van der Waals surface area contributed by atoms with E-state index < -0.39 is 0 Å². The average Bonchev–Trinajstić information content (AvgIpc) is 2.85. The van der Waals surface area contributed by atoms with Crippen LogP contribution in [0.2, 0.25) is 0 Å². The lowest BCUT2D eigenvalue weighted by Gasteiger charge is -2.10. The van der Waals surface area contributed by atoms with Crippen LogP contribution in [0.15, 0.2) is 30.5 Å². The van der Waals surface area contributed by atoms with Gasteiger partial charge in [-0.1, -0.05) is 0 Å². The van der Waals surface area contributed by atoms with E-state index >= 15 is 0 Å². The number of nitrogens with one attached hydrogen (secondary N) is 2. The van der Waals surface area contributed by atoms with Gasteiger partial charge >= 0.3 is 0 Å². The van der Waals surface area contributed by atoms with E-state index in [9.17, 15) is 4.79 Å². The highest BCUT2D eigenvalue weighted by Crippen LogP contribution is 2.18. The third-order valence-corrected chi connectivity index (χ3v) is 3.37. The van der Waals surface area contributed by atoms with Gasteiger partial charge in [0.1, 0.15) is 11.8 Å². The fourth-order valence-electron chi connectivity index (χ4n) is 2.19. The van der Waals surface area contributed by atoms with Crippen molar-refractivity contribution in [2.75, 3.05) is 12.4 Å². The van der Waals surface area contributed by atoms with Gasteiger partial charge in [-0.25, -0.2) is 0 Å². The molecule has 0 bridgehead atoms. The molecule has 0 aliphatic carbocycles. The van der Waals surface area contributed by atoms with Crippen molar-refractivity contribution < 1.29 is 4.79 Å². The minimum absolute atomic E-state index is 0.0913. The van der Waals surface area contributed by atoms with E-state index in [4.69, 9.17) is 5.26 Å². The van der Waals surface area contributed by atoms with Crippen molar-refractivity contribution in [2.24, 2.45) is 7.05 Å². The van der Waals surface area contributed by atoms with Gasteiger partial charge in [-0.2, -0.15) is 5.26 Å². The first-order chi connectivity index (χ1) is 10.0. The molecule has 0 radical (unpaired) electrons. The van der Waals surface area contributed by atoms with Gasteiger partial charge in [-0.05, 0) is 42.3 Å². The number of aromatic nitrogens is 1. The molecular formula is C16H18N4O. The molecule has 0 saturated carbocycles. The van der Waals surface area contributed by atoms with Crippen LogP contribution in [-0.4, -0.2) is 17.5 Å². The molecule has 1 aromatic carbocycles. The van der Waals surface area contributed by atoms with E-state index in [1.165, 1.54) is 0 Å². The zero-order chi connectivity index (χ0) is 15.4.